The van der Waals surface area contributed by atoms with E-state index in [1.165, 1.54) is 0 Å². The topological polar surface area (TPSA) is 104 Å². The summed E-state index contributed by atoms with van der Waals surface area (Å²) in [5.41, 5.74) is 2.95. The maximum Gasteiger partial charge on any atom is 0.490 e. The maximum absolute atomic E-state index is 12.4. The third-order valence-corrected chi connectivity index (χ3v) is 5.24. The van der Waals surface area contributed by atoms with Crippen LogP contribution in [0.5, 0.6) is 0 Å². The SMILES string of the molecule is CCC(CNc1cc(C)nc2c1NC(=O)CN2c1ccc(Cl)cc1Cl)OC.O=C(O)C(F)(F)F. The van der Waals surface area contributed by atoms with Gasteiger partial charge in [0.1, 0.15) is 12.2 Å². The van der Waals surface area contributed by atoms with E-state index in [2.05, 4.69) is 22.5 Å². The van der Waals surface area contributed by atoms with E-state index in [0.717, 1.165) is 17.8 Å². The average molecular weight is 523 g/mol. The van der Waals surface area contributed by atoms with Crippen molar-refractivity contribution in [3.05, 3.63) is 40.0 Å². The van der Waals surface area contributed by atoms with Crippen LogP contribution in [-0.4, -0.2) is 54.4 Å². The molecule has 1 aromatic heterocycles. The van der Waals surface area contributed by atoms with Gasteiger partial charge < -0.3 is 25.4 Å². The van der Waals surface area contributed by atoms with Gasteiger partial charge in [-0.15, -0.1) is 0 Å². The van der Waals surface area contributed by atoms with E-state index in [4.69, 9.17) is 37.8 Å². The van der Waals surface area contributed by atoms with Crippen LogP contribution in [-0.2, 0) is 14.3 Å². The molecule has 1 unspecified atom stereocenters. The highest BCUT2D eigenvalue weighted by Crippen LogP contribution is 2.41. The van der Waals surface area contributed by atoms with E-state index >= 15 is 0 Å². The number of benzene rings is 1. The molecule has 0 spiro atoms. The molecule has 0 fully saturated rings. The average Bonchev–Trinajstić information content (AvgIpc) is 2.74. The van der Waals surface area contributed by atoms with E-state index < -0.39 is 12.1 Å². The lowest BCUT2D eigenvalue weighted by molar-refractivity contribution is -0.192. The highest BCUT2D eigenvalue weighted by atomic mass is 35.5. The van der Waals surface area contributed by atoms with Gasteiger partial charge in [-0.05, 0) is 37.6 Å². The quantitative estimate of drug-likeness (QED) is 0.475. The largest absolute Gasteiger partial charge is 0.490 e. The molecule has 1 aliphatic heterocycles. The van der Waals surface area contributed by atoms with Crippen LogP contribution in [0.25, 0.3) is 0 Å². The Morgan fingerprint density at radius 1 is 1.35 bits per heavy atom. The summed E-state index contributed by atoms with van der Waals surface area (Å²) in [5, 5.41) is 14.4. The van der Waals surface area contributed by atoms with Gasteiger partial charge in [0.2, 0.25) is 5.91 Å². The number of alkyl halides is 3. The minimum atomic E-state index is -5.08. The van der Waals surface area contributed by atoms with Crippen LogP contribution in [0, 0.1) is 6.92 Å². The number of carboxylic acids is 1. The van der Waals surface area contributed by atoms with E-state index in [0.29, 0.717) is 33.8 Å². The van der Waals surface area contributed by atoms with Gasteiger partial charge in [-0.3, -0.25) is 4.79 Å². The van der Waals surface area contributed by atoms with Crippen molar-refractivity contribution < 1.29 is 32.6 Å². The smallest absolute Gasteiger partial charge is 0.475 e. The van der Waals surface area contributed by atoms with E-state index in [9.17, 15) is 18.0 Å². The number of hydrogen-bond donors (Lipinski definition) is 3. The molecular weight excluding hydrogens is 500 g/mol. The Hall–Kier alpha value is -2.76. The number of hydrogen-bond acceptors (Lipinski definition) is 6. The molecule has 0 aliphatic carbocycles. The third-order valence-electron chi connectivity index (χ3n) is 4.70. The number of nitrogens with one attached hydrogen (secondary N) is 2. The zero-order chi connectivity index (χ0) is 25.6. The summed E-state index contributed by atoms with van der Waals surface area (Å²) in [6.45, 7) is 4.73. The number of carbonyl (C=O) groups excluding carboxylic acids is 1. The van der Waals surface area contributed by atoms with Gasteiger partial charge in [-0.25, -0.2) is 9.78 Å². The van der Waals surface area contributed by atoms with Gasteiger partial charge in [-0.2, -0.15) is 13.2 Å². The summed E-state index contributed by atoms with van der Waals surface area (Å²) in [4.78, 5) is 27.7. The summed E-state index contributed by atoms with van der Waals surface area (Å²) in [6.07, 6.45) is -4.12. The number of carboxylic acid groups (broad SMARTS) is 1. The van der Waals surface area contributed by atoms with E-state index in [-0.39, 0.29) is 18.6 Å². The molecule has 0 saturated heterocycles. The Labute approximate surface area is 204 Å². The van der Waals surface area contributed by atoms with Gasteiger partial charge in [0.25, 0.3) is 0 Å². The van der Waals surface area contributed by atoms with Crippen molar-refractivity contribution in [2.45, 2.75) is 32.5 Å². The lowest BCUT2D eigenvalue weighted by Gasteiger charge is -2.32. The van der Waals surface area contributed by atoms with Crippen LogP contribution in [0.2, 0.25) is 10.0 Å². The molecule has 2 heterocycles. The van der Waals surface area contributed by atoms with Crippen molar-refractivity contribution in [2.75, 3.05) is 35.7 Å². The molecule has 0 bridgehead atoms. The first-order chi connectivity index (χ1) is 15.9. The second kappa shape index (κ2) is 11.6. The van der Waals surface area contributed by atoms with E-state index in [1.807, 2.05) is 13.0 Å². The first-order valence-corrected chi connectivity index (χ1v) is 10.7. The fraction of sp³-hybridized carbons (Fsp3) is 0.381. The lowest BCUT2D eigenvalue weighted by Crippen LogP contribution is -2.36. The number of aliphatic carboxylic acids is 1. The zero-order valence-electron chi connectivity index (χ0n) is 18.5. The van der Waals surface area contributed by atoms with E-state index in [1.54, 1.807) is 30.2 Å². The van der Waals surface area contributed by atoms with Crippen LogP contribution in [0.15, 0.2) is 24.3 Å². The number of pyridine rings is 1. The van der Waals surface area contributed by atoms with Crippen molar-refractivity contribution in [1.82, 2.24) is 4.98 Å². The van der Waals surface area contributed by atoms with Gasteiger partial charge >= 0.3 is 12.1 Å². The number of rotatable bonds is 6. The molecule has 13 heteroatoms. The maximum atomic E-state index is 12.4. The Kier molecular flexibility index (Phi) is 9.37. The first kappa shape index (κ1) is 27.5. The van der Waals surface area contributed by atoms with Gasteiger partial charge in [0.05, 0.1) is 22.5 Å². The van der Waals surface area contributed by atoms with Gasteiger partial charge in [-0.1, -0.05) is 30.1 Å². The zero-order valence-corrected chi connectivity index (χ0v) is 20.0. The molecule has 2 aromatic rings. The highest BCUT2D eigenvalue weighted by Gasteiger charge is 2.38. The van der Waals surface area contributed by atoms with Gasteiger partial charge in [0, 0.05) is 24.4 Å². The number of amides is 1. The van der Waals surface area contributed by atoms with Crippen LogP contribution >= 0.6 is 23.2 Å². The summed E-state index contributed by atoms with van der Waals surface area (Å²) < 4.78 is 37.2. The number of methoxy groups -OCH3 is 1. The molecule has 0 radical (unpaired) electrons. The van der Waals surface area contributed by atoms with Crippen LogP contribution < -0.4 is 15.5 Å². The van der Waals surface area contributed by atoms with Crippen molar-refractivity contribution >= 4 is 58.0 Å². The molecule has 1 aliphatic rings. The van der Waals surface area contributed by atoms with Crippen LogP contribution in [0.1, 0.15) is 19.0 Å². The Morgan fingerprint density at radius 2 is 2.00 bits per heavy atom. The molecule has 3 N–H and O–H groups in total. The molecule has 3 rings (SSSR count). The minimum Gasteiger partial charge on any atom is -0.475 e. The van der Waals surface area contributed by atoms with Crippen molar-refractivity contribution in [1.29, 1.82) is 0 Å². The number of halogens is 5. The lowest BCUT2D eigenvalue weighted by atomic mass is 10.1. The number of fused-ring (bicyclic) bond motifs is 1. The van der Waals surface area contributed by atoms with Crippen molar-refractivity contribution in [2.24, 2.45) is 0 Å². The fourth-order valence-corrected chi connectivity index (χ4v) is 3.54. The molecule has 186 valence electrons. The molecule has 8 nitrogen and oxygen atoms in total. The monoisotopic (exact) mass is 522 g/mol. The van der Waals surface area contributed by atoms with Gasteiger partial charge in [0.15, 0.2) is 5.82 Å². The first-order valence-electron chi connectivity index (χ1n) is 9.98. The predicted molar refractivity (Wildman–Crippen MR) is 124 cm³/mol. The summed E-state index contributed by atoms with van der Waals surface area (Å²) in [7, 11) is 1.69. The fourth-order valence-electron chi connectivity index (χ4n) is 3.03. The minimum absolute atomic E-state index is 0.0789. The summed E-state index contributed by atoms with van der Waals surface area (Å²) in [6, 6.07) is 7.11. The summed E-state index contributed by atoms with van der Waals surface area (Å²) in [5.74, 6) is -2.25. The Morgan fingerprint density at radius 3 is 2.53 bits per heavy atom. The molecule has 1 aromatic carbocycles. The normalized spacial score (nSPS) is 13.9. The number of anilines is 4. The molecule has 34 heavy (non-hydrogen) atoms. The second-order valence-corrected chi connectivity index (χ2v) is 8.03. The number of nitrogens with zero attached hydrogens (tertiary/aromatic N) is 2. The standard InChI is InChI=1S/C19H22Cl2N4O2.C2HF3O2/c1-4-13(27-3)9-22-15-7-11(2)23-19-18(15)24-17(26)10-25(19)16-6-5-12(20)8-14(16)21;3-2(4,5)1(6)7/h5-8,13H,4,9-10H2,1-3H3,(H,22,23)(H,24,26);(H,6,7). The number of ether oxygens (including phenoxy) is 1. The molecule has 0 saturated carbocycles. The third kappa shape index (κ3) is 7.12. The molecular formula is C21H23Cl2F3N4O4. The predicted octanol–water partition coefficient (Wildman–Crippen LogP) is 5.26. The molecule has 1 amide bonds. The number of aromatic nitrogens is 1. The Balaban J connectivity index is 0.000000509. The van der Waals surface area contributed by atoms with Crippen molar-refractivity contribution in [3.63, 3.8) is 0 Å². The molecule has 1 atom stereocenters. The van der Waals surface area contributed by atoms with Crippen molar-refractivity contribution in [3.8, 4) is 0 Å². The highest BCUT2D eigenvalue weighted by molar-refractivity contribution is 6.36. The van der Waals surface area contributed by atoms with Crippen LogP contribution in [0.3, 0.4) is 0 Å². The number of carbonyl (C=O) groups is 2. The number of aryl methyl sites for hydroxylation is 1. The Bertz CT molecular complexity index is 1050. The van der Waals surface area contributed by atoms with Crippen LogP contribution in [0.4, 0.5) is 36.1 Å². The summed E-state index contributed by atoms with van der Waals surface area (Å²) >= 11 is 12.4. The second-order valence-electron chi connectivity index (χ2n) is 7.19.